The quantitative estimate of drug-likeness (QED) is 0.811. The number of methoxy groups -OCH3 is 1. The third-order valence-electron chi connectivity index (χ3n) is 4.00. The molecule has 23 heavy (non-hydrogen) atoms. The molecule has 0 spiro atoms. The zero-order valence-corrected chi connectivity index (χ0v) is 13.4. The summed E-state index contributed by atoms with van der Waals surface area (Å²) in [6.45, 7) is 2.21. The second-order valence-electron chi connectivity index (χ2n) is 5.51. The highest BCUT2D eigenvalue weighted by Gasteiger charge is 2.28. The Hall–Kier alpha value is -2.24. The summed E-state index contributed by atoms with van der Waals surface area (Å²) < 4.78 is 16.0. The highest BCUT2D eigenvalue weighted by Crippen LogP contribution is 2.31. The maximum absolute atomic E-state index is 11.7. The maximum Gasteiger partial charge on any atom is 0.339 e. The van der Waals surface area contributed by atoms with E-state index in [4.69, 9.17) is 19.3 Å². The molecule has 1 aromatic carbocycles. The van der Waals surface area contributed by atoms with Crippen molar-refractivity contribution in [2.75, 3.05) is 13.7 Å². The average Bonchev–Trinajstić information content (AvgIpc) is 2.55. The van der Waals surface area contributed by atoms with Gasteiger partial charge in [-0.25, -0.2) is 4.79 Å². The van der Waals surface area contributed by atoms with Gasteiger partial charge in [-0.05, 0) is 44.7 Å². The van der Waals surface area contributed by atoms with Crippen molar-refractivity contribution < 1.29 is 28.9 Å². The second-order valence-corrected chi connectivity index (χ2v) is 5.51. The van der Waals surface area contributed by atoms with Crippen molar-refractivity contribution in [3.8, 4) is 11.5 Å². The number of carboxylic acid groups (broad SMARTS) is 1. The van der Waals surface area contributed by atoms with Gasteiger partial charge < -0.3 is 19.3 Å². The summed E-state index contributed by atoms with van der Waals surface area (Å²) in [6.07, 6.45) is 3.04. The molecule has 0 atom stereocenters. The van der Waals surface area contributed by atoms with Crippen LogP contribution in [0, 0.1) is 5.92 Å². The maximum atomic E-state index is 11.7. The first kappa shape index (κ1) is 17.1. The molecule has 0 bridgehead atoms. The third-order valence-corrected chi connectivity index (χ3v) is 4.00. The number of rotatable bonds is 6. The number of carboxylic acids is 1. The van der Waals surface area contributed by atoms with Gasteiger partial charge in [-0.2, -0.15) is 0 Å². The average molecular weight is 322 g/mol. The van der Waals surface area contributed by atoms with E-state index in [0.717, 1.165) is 25.7 Å². The monoisotopic (exact) mass is 322 g/mol. The van der Waals surface area contributed by atoms with Crippen LogP contribution < -0.4 is 9.47 Å². The van der Waals surface area contributed by atoms with E-state index < -0.39 is 5.97 Å². The zero-order valence-electron chi connectivity index (χ0n) is 13.4. The van der Waals surface area contributed by atoms with E-state index in [-0.39, 0.29) is 29.3 Å². The number of carbonyl (C=O) groups is 2. The predicted octanol–water partition coefficient (Wildman–Crippen LogP) is 2.89. The SMILES string of the molecule is CCOC(=O)[C@H]1CC[C@@H](Oc2ccc(C(=O)O)c(OC)c2)CC1. The summed E-state index contributed by atoms with van der Waals surface area (Å²) >= 11 is 0. The lowest BCUT2D eigenvalue weighted by Crippen LogP contribution is -2.29. The molecule has 6 heteroatoms. The van der Waals surface area contributed by atoms with Gasteiger partial charge in [0.15, 0.2) is 0 Å². The first-order valence-corrected chi connectivity index (χ1v) is 7.79. The first-order chi connectivity index (χ1) is 11.0. The summed E-state index contributed by atoms with van der Waals surface area (Å²) in [5.41, 5.74) is 0.103. The van der Waals surface area contributed by atoms with Gasteiger partial charge in [-0.15, -0.1) is 0 Å². The van der Waals surface area contributed by atoms with Gasteiger partial charge in [0.2, 0.25) is 0 Å². The molecular weight excluding hydrogens is 300 g/mol. The summed E-state index contributed by atoms with van der Waals surface area (Å²) in [7, 11) is 1.43. The Balaban J connectivity index is 1.94. The molecule has 1 aliphatic carbocycles. The zero-order chi connectivity index (χ0) is 16.8. The van der Waals surface area contributed by atoms with Crippen molar-refractivity contribution in [2.45, 2.75) is 38.7 Å². The van der Waals surface area contributed by atoms with Crippen molar-refractivity contribution >= 4 is 11.9 Å². The van der Waals surface area contributed by atoms with E-state index in [9.17, 15) is 9.59 Å². The van der Waals surface area contributed by atoms with Gasteiger partial charge in [0, 0.05) is 6.07 Å². The van der Waals surface area contributed by atoms with Crippen LogP contribution >= 0.6 is 0 Å². The van der Waals surface area contributed by atoms with Gasteiger partial charge in [0.1, 0.15) is 17.1 Å². The van der Waals surface area contributed by atoms with E-state index in [0.29, 0.717) is 12.4 Å². The molecule has 0 heterocycles. The number of carbonyl (C=O) groups excluding carboxylic acids is 1. The van der Waals surface area contributed by atoms with Crippen LogP contribution in [0.5, 0.6) is 11.5 Å². The Bertz CT molecular complexity index is 560. The molecule has 0 radical (unpaired) electrons. The van der Waals surface area contributed by atoms with Crippen molar-refractivity contribution in [3.05, 3.63) is 23.8 Å². The lowest BCUT2D eigenvalue weighted by atomic mass is 9.87. The fourth-order valence-electron chi connectivity index (χ4n) is 2.79. The Morgan fingerprint density at radius 3 is 2.48 bits per heavy atom. The van der Waals surface area contributed by atoms with Crippen LogP contribution in [0.15, 0.2) is 18.2 Å². The number of aromatic carboxylic acids is 1. The Labute approximate surface area is 135 Å². The minimum Gasteiger partial charge on any atom is -0.496 e. The Morgan fingerprint density at radius 1 is 1.22 bits per heavy atom. The van der Waals surface area contributed by atoms with E-state index >= 15 is 0 Å². The van der Waals surface area contributed by atoms with E-state index in [1.165, 1.54) is 13.2 Å². The molecule has 2 rings (SSSR count). The van der Waals surface area contributed by atoms with Crippen LogP contribution in [-0.4, -0.2) is 36.9 Å². The molecule has 0 saturated heterocycles. The summed E-state index contributed by atoms with van der Waals surface area (Å²) in [5, 5.41) is 9.07. The molecule has 1 saturated carbocycles. The van der Waals surface area contributed by atoms with E-state index in [1.807, 2.05) is 0 Å². The van der Waals surface area contributed by atoms with Crippen molar-refractivity contribution in [3.63, 3.8) is 0 Å². The Morgan fingerprint density at radius 2 is 1.91 bits per heavy atom. The van der Waals surface area contributed by atoms with Gasteiger partial charge in [0.05, 0.1) is 25.7 Å². The fraction of sp³-hybridized carbons (Fsp3) is 0.529. The van der Waals surface area contributed by atoms with Crippen LogP contribution in [0.1, 0.15) is 43.0 Å². The fourth-order valence-corrected chi connectivity index (χ4v) is 2.79. The normalized spacial score (nSPS) is 20.6. The second kappa shape index (κ2) is 7.85. The van der Waals surface area contributed by atoms with Gasteiger partial charge in [0.25, 0.3) is 0 Å². The number of hydrogen-bond acceptors (Lipinski definition) is 5. The molecule has 1 aliphatic rings. The summed E-state index contributed by atoms with van der Waals surface area (Å²) in [4.78, 5) is 22.8. The van der Waals surface area contributed by atoms with Crippen LogP contribution in [0.2, 0.25) is 0 Å². The molecule has 6 nitrogen and oxygen atoms in total. The van der Waals surface area contributed by atoms with Gasteiger partial charge in [-0.3, -0.25) is 4.79 Å². The molecule has 1 fully saturated rings. The van der Waals surface area contributed by atoms with E-state index in [1.54, 1.807) is 19.1 Å². The lowest BCUT2D eigenvalue weighted by Gasteiger charge is -2.27. The topological polar surface area (TPSA) is 82.1 Å². The molecule has 0 aliphatic heterocycles. The predicted molar refractivity (Wildman–Crippen MR) is 83.0 cm³/mol. The minimum atomic E-state index is -1.04. The van der Waals surface area contributed by atoms with Crippen molar-refractivity contribution in [1.82, 2.24) is 0 Å². The highest BCUT2D eigenvalue weighted by molar-refractivity contribution is 5.91. The van der Waals surface area contributed by atoms with Crippen molar-refractivity contribution in [2.24, 2.45) is 5.92 Å². The number of esters is 1. The third kappa shape index (κ3) is 4.37. The standard InChI is InChI=1S/C17H22O6/c1-3-22-17(20)11-4-6-12(7-5-11)23-13-8-9-14(16(18)19)15(10-13)21-2/h8-12H,3-7H2,1-2H3,(H,18,19)/t11-,12+. The van der Waals surface area contributed by atoms with Crippen LogP contribution in [0.25, 0.3) is 0 Å². The minimum absolute atomic E-state index is 0.0149. The molecule has 1 N–H and O–H groups in total. The van der Waals surface area contributed by atoms with E-state index in [2.05, 4.69) is 0 Å². The molecule has 126 valence electrons. The lowest BCUT2D eigenvalue weighted by molar-refractivity contribution is -0.149. The summed E-state index contributed by atoms with van der Waals surface area (Å²) in [6, 6.07) is 4.69. The van der Waals surface area contributed by atoms with Crippen molar-refractivity contribution in [1.29, 1.82) is 0 Å². The molecular formula is C17H22O6. The molecule has 0 amide bonds. The molecule has 0 unspecified atom stereocenters. The molecule has 0 aromatic heterocycles. The largest absolute Gasteiger partial charge is 0.496 e. The molecule has 1 aromatic rings. The van der Waals surface area contributed by atoms with Crippen LogP contribution in [0.4, 0.5) is 0 Å². The van der Waals surface area contributed by atoms with Gasteiger partial charge in [-0.1, -0.05) is 0 Å². The smallest absolute Gasteiger partial charge is 0.339 e. The number of hydrogen-bond donors (Lipinski definition) is 1. The summed E-state index contributed by atoms with van der Waals surface area (Å²) in [5.74, 6) is -0.359. The van der Waals surface area contributed by atoms with Crippen LogP contribution in [0.3, 0.4) is 0 Å². The van der Waals surface area contributed by atoms with Crippen LogP contribution in [-0.2, 0) is 9.53 Å². The highest BCUT2D eigenvalue weighted by atomic mass is 16.5. The first-order valence-electron chi connectivity index (χ1n) is 7.79. The van der Waals surface area contributed by atoms with Gasteiger partial charge >= 0.3 is 11.9 Å². The number of benzene rings is 1. The number of ether oxygens (including phenoxy) is 3. The Kier molecular flexibility index (Phi) is 5.84.